The molecule has 1 fully saturated rings. The number of nitrogens with one attached hydrogen (secondary N) is 1. The number of carbonyl (C=O) groups excluding carboxylic acids is 1. The minimum absolute atomic E-state index is 0.142. The van der Waals surface area contributed by atoms with E-state index in [0.717, 1.165) is 18.4 Å². The quantitative estimate of drug-likeness (QED) is 0.656. The molecule has 2 heterocycles. The molecule has 1 aliphatic rings. The van der Waals surface area contributed by atoms with E-state index >= 15 is 0 Å². The maximum Gasteiger partial charge on any atom is 0.207 e. The molecule has 0 amide bonds. The third kappa shape index (κ3) is 3.41. The van der Waals surface area contributed by atoms with Crippen molar-refractivity contribution in [1.82, 2.24) is 20.4 Å². The van der Waals surface area contributed by atoms with Gasteiger partial charge in [-0.05, 0) is 24.8 Å². The van der Waals surface area contributed by atoms with Gasteiger partial charge >= 0.3 is 0 Å². The number of rotatable bonds is 6. The number of ether oxygens (including phenoxy) is 1. The van der Waals surface area contributed by atoms with Crippen molar-refractivity contribution in [3.8, 4) is 5.75 Å². The van der Waals surface area contributed by atoms with Crippen molar-refractivity contribution in [3.05, 3.63) is 40.4 Å². The largest absolute Gasteiger partial charge is 0.486 e. The Kier molecular flexibility index (Phi) is 4.01. The molecule has 128 valence electrons. The van der Waals surface area contributed by atoms with E-state index in [9.17, 15) is 4.79 Å². The highest BCUT2D eigenvalue weighted by atomic mass is 35.5. The van der Waals surface area contributed by atoms with E-state index < -0.39 is 0 Å². The van der Waals surface area contributed by atoms with Crippen molar-refractivity contribution in [3.63, 3.8) is 0 Å². The summed E-state index contributed by atoms with van der Waals surface area (Å²) in [6.07, 6.45) is 2.90. The van der Waals surface area contributed by atoms with Crippen LogP contribution < -0.4 is 10.5 Å². The highest BCUT2D eigenvalue weighted by Gasteiger charge is 2.25. The van der Waals surface area contributed by atoms with Gasteiger partial charge in [0.1, 0.15) is 12.4 Å². The van der Waals surface area contributed by atoms with Crippen molar-refractivity contribution < 1.29 is 9.53 Å². The van der Waals surface area contributed by atoms with Gasteiger partial charge in [-0.25, -0.2) is 4.98 Å². The Morgan fingerprint density at radius 1 is 1.32 bits per heavy atom. The zero-order chi connectivity index (χ0) is 17.4. The Balaban J connectivity index is 1.50. The van der Waals surface area contributed by atoms with Crippen LogP contribution in [0.1, 0.15) is 35.2 Å². The molecule has 7 nitrogen and oxygen atoms in total. The van der Waals surface area contributed by atoms with E-state index in [1.165, 1.54) is 0 Å². The second kappa shape index (κ2) is 6.33. The molecular formula is C17H16ClN5O2. The minimum atomic E-state index is 0.142. The molecule has 3 aromatic rings. The van der Waals surface area contributed by atoms with Crippen LogP contribution in [0.5, 0.6) is 5.75 Å². The highest BCUT2D eigenvalue weighted by molar-refractivity contribution is 6.31. The topological polar surface area (TPSA) is 107 Å². The number of carbonyl (C=O) groups is 1. The van der Waals surface area contributed by atoms with Gasteiger partial charge < -0.3 is 10.5 Å². The molecule has 8 heteroatoms. The number of fused-ring (bicyclic) bond motifs is 1. The molecule has 0 saturated heterocycles. The number of benzene rings is 1. The summed E-state index contributed by atoms with van der Waals surface area (Å²) in [6, 6.07) is 6.90. The Morgan fingerprint density at radius 2 is 2.16 bits per heavy atom. The number of aromatic nitrogens is 4. The minimum Gasteiger partial charge on any atom is -0.486 e. The average Bonchev–Trinajstić information content (AvgIpc) is 3.27. The summed E-state index contributed by atoms with van der Waals surface area (Å²) < 4.78 is 5.79. The van der Waals surface area contributed by atoms with Crippen molar-refractivity contribution in [2.45, 2.75) is 25.9 Å². The van der Waals surface area contributed by atoms with Crippen molar-refractivity contribution in [2.24, 2.45) is 5.92 Å². The number of nitrogens with zero attached hydrogens (tertiary/aromatic N) is 3. The van der Waals surface area contributed by atoms with Crippen LogP contribution in [0.25, 0.3) is 11.2 Å². The summed E-state index contributed by atoms with van der Waals surface area (Å²) in [5.74, 6) is 1.46. The van der Waals surface area contributed by atoms with Gasteiger partial charge in [0, 0.05) is 28.6 Å². The lowest BCUT2D eigenvalue weighted by Gasteiger charge is -2.10. The van der Waals surface area contributed by atoms with Crippen LogP contribution in [-0.4, -0.2) is 26.2 Å². The van der Waals surface area contributed by atoms with Crippen LogP contribution >= 0.6 is 11.6 Å². The van der Waals surface area contributed by atoms with Crippen LogP contribution in [0.3, 0.4) is 0 Å². The third-order valence-electron chi connectivity index (χ3n) is 4.21. The van der Waals surface area contributed by atoms with Gasteiger partial charge in [0.25, 0.3) is 0 Å². The summed E-state index contributed by atoms with van der Waals surface area (Å²) in [5, 5.41) is 10.9. The Morgan fingerprint density at radius 3 is 2.92 bits per heavy atom. The summed E-state index contributed by atoms with van der Waals surface area (Å²) in [6.45, 7) is 0.224. The number of nitrogen functional groups attached to an aromatic ring is 1. The standard InChI is InChI=1S/C17H16ClN5O2/c18-12-6-10(13(24)5-9-1-2-9)3-4-11(12)8-25-14-7-15(19)20-17-16(14)21-23-22-17/h3-4,6-7,9H,1-2,5,8H2,(H3,19,20,21,22,23). The van der Waals surface area contributed by atoms with E-state index in [0.29, 0.717) is 45.7 Å². The van der Waals surface area contributed by atoms with E-state index in [-0.39, 0.29) is 12.4 Å². The van der Waals surface area contributed by atoms with Crippen LogP contribution in [0.2, 0.25) is 5.02 Å². The number of ketones is 1. The van der Waals surface area contributed by atoms with Crippen LogP contribution in [0.15, 0.2) is 24.3 Å². The Hall–Kier alpha value is -2.67. The van der Waals surface area contributed by atoms with Crippen molar-refractivity contribution in [2.75, 3.05) is 5.73 Å². The number of hydrogen-bond donors (Lipinski definition) is 2. The molecule has 0 radical (unpaired) electrons. The lowest BCUT2D eigenvalue weighted by Crippen LogP contribution is -2.03. The number of anilines is 1. The molecule has 4 rings (SSSR count). The third-order valence-corrected chi connectivity index (χ3v) is 4.56. The molecule has 0 spiro atoms. The van der Waals surface area contributed by atoms with Gasteiger partial charge in [-0.15, -0.1) is 5.10 Å². The van der Waals surface area contributed by atoms with E-state index in [1.54, 1.807) is 18.2 Å². The zero-order valence-electron chi connectivity index (χ0n) is 13.3. The number of nitrogens with two attached hydrogens (primary N) is 1. The van der Waals surface area contributed by atoms with E-state index in [2.05, 4.69) is 20.4 Å². The van der Waals surface area contributed by atoms with E-state index in [1.807, 2.05) is 6.07 Å². The molecule has 1 saturated carbocycles. The number of H-pyrrole nitrogens is 1. The molecule has 2 aromatic heterocycles. The maximum atomic E-state index is 12.2. The van der Waals surface area contributed by atoms with Crippen molar-refractivity contribution >= 4 is 34.4 Å². The summed E-state index contributed by atoms with van der Waals surface area (Å²) in [4.78, 5) is 16.2. The molecular weight excluding hydrogens is 342 g/mol. The predicted molar refractivity (Wildman–Crippen MR) is 93.6 cm³/mol. The number of Topliss-reactive ketones (excluding diaryl/α,β-unsaturated/α-hetero) is 1. The van der Waals surface area contributed by atoms with Crippen LogP contribution in [0.4, 0.5) is 5.82 Å². The fourth-order valence-corrected chi connectivity index (χ4v) is 2.87. The molecule has 25 heavy (non-hydrogen) atoms. The predicted octanol–water partition coefficient (Wildman–Crippen LogP) is 3.15. The first-order valence-electron chi connectivity index (χ1n) is 8.01. The summed E-state index contributed by atoms with van der Waals surface area (Å²) in [7, 11) is 0. The zero-order valence-corrected chi connectivity index (χ0v) is 14.1. The molecule has 0 atom stereocenters. The van der Waals surface area contributed by atoms with Crippen LogP contribution in [-0.2, 0) is 6.61 Å². The fraction of sp³-hybridized carbons (Fsp3) is 0.294. The maximum absolute atomic E-state index is 12.2. The normalized spacial score (nSPS) is 14.0. The monoisotopic (exact) mass is 357 g/mol. The number of halogens is 1. The summed E-state index contributed by atoms with van der Waals surface area (Å²) in [5.41, 5.74) is 8.06. The first-order chi connectivity index (χ1) is 12.1. The first-order valence-corrected chi connectivity index (χ1v) is 8.39. The number of pyridine rings is 1. The molecule has 1 aromatic carbocycles. The molecule has 3 N–H and O–H groups in total. The van der Waals surface area contributed by atoms with Gasteiger partial charge in [-0.3, -0.25) is 4.79 Å². The molecule has 0 bridgehead atoms. The molecule has 0 unspecified atom stereocenters. The van der Waals surface area contributed by atoms with Gasteiger partial charge in [0.15, 0.2) is 17.0 Å². The van der Waals surface area contributed by atoms with E-state index in [4.69, 9.17) is 22.1 Å². The lowest BCUT2D eigenvalue weighted by atomic mass is 10.0. The molecule has 0 aliphatic heterocycles. The first kappa shape index (κ1) is 15.8. The van der Waals surface area contributed by atoms with Crippen molar-refractivity contribution in [1.29, 1.82) is 0 Å². The average molecular weight is 358 g/mol. The van der Waals surface area contributed by atoms with Gasteiger partial charge in [0.05, 0.1) is 0 Å². The van der Waals surface area contributed by atoms with Gasteiger partial charge in [-0.1, -0.05) is 23.7 Å². The Bertz CT molecular complexity index is 951. The smallest absolute Gasteiger partial charge is 0.207 e. The number of hydrogen-bond acceptors (Lipinski definition) is 6. The second-order valence-electron chi connectivity index (χ2n) is 6.21. The lowest BCUT2D eigenvalue weighted by molar-refractivity contribution is 0.0976. The van der Waals surface area contributed by atoms with Crippen LogP contribution in [0, 0.1) is 5.92 Å². The van der Waals surface area contributed by atoms with Gasteiger partial charge in [-0.2, -0.15) is 10.3 Å². The summed E-state index contributed by atoms with van der Waals surface area (Å²) >= 11 is 6.32. The number of aromatic amines is 1. The van der Waals surface area contributed by atoms with Gasteiger partial charge in [0.2, 0.25) is 5.65 Å². The highest BCUT2D eigenvalue weighted by Crippen LogP contribution is 2.34. The molecule has 1 aliphatic carbocycles. The fourth-order valence-electron chi connectivity index (χ4n) is 2.63. The Labute approximate surface area is 148 Å². The SMILES string of the molecule is Nc1cc(OCc2ccc(C(=O)CC3CC3)cc2Cl)c2n[nH]nc2n1. The second-order valence-corrected chi connectivity index (χ2v) is 6.61.